The van der Waals surface area contributed by atoms with E-state index < -0.39 is 0 Å². The lowest BCUT2D eigenvalue weighted by atomic mass is 10.1. The minimum absolute atomic E-state index is 0.0786. The third kappa shape index (κ3) is 4.06. The van der Waals surface area contributed by atoms with Crippen LogP contribution in [-0.2, 0) is 0 Å². The monoisotopic (exact) mass is 352 g/mol. The van der Waals surface area contributed by atoms with Crippen molar-refractivity contribution in [3.63, 3.8) is 0 Å². The smallest absolute Gasteiger partial charge is 0.321 e. The van der Waals surface area contributed by atoms with Crippen LogP contribution in [0.1, 0.15) is 5.56 Å². The average molecular weight is 352 g/mol. The fourth-order valence-corrected chi connectivity index (χ4v) is 3.28. The average Bonchev–Trinajstić information content (AvgIpc) is 2.68. The number of benzene rings is 2. The lowest BCUT2D eigenvalue weighted by molar-refractivity contribution is 0.208. The second-order valence-corrected chi connectivity index (χ2v) is 6.64. The van der Waals surface area contributed by atoms with Crippen LogP contribution in [0.5, 0.6) is 0 Å². The van der Waals surface area contributed by atoms with Crippen LogP contribution in [0.4, 0.5) is 16.2 Å². The van der Waals surface area contributed by atoms with Crippen LogP contribution >= 0.6 is 11.8 Å². The van der Waals surface area contributed by atoms with Crippen molar-refractivity contribution >= 4 is 29.2 Å². The molecule has 0 bridgehead atoms. The summed E-state index contributed by atoms with van der Waals surface area (Å²) in [6.07, 6.45) is 2.03. The van der Waals surface area contributed by atoms with E-state index in [4.69, 9.17) is 0 Å². The van der Waals surface area contributed by atoms with Gasteiger partial charge in [-0.2, -0.15) is 5.26 Å². The summed E-state index contributed by atoms with van der Waals surface area (Å²) in [4.78, 5) is 17.6. The Kier molecular flexibility index (Phi) is 5.46. The minimum Gasteiger partial charge on any atom is -0.367 e. The molecule has 5 nitrogen and oxygen atoms in total. The van der Waals surface area contributed by atoms with E-state index in [0.29, 0.717) is 18.7 Å². The number of anilines is 2. The maximum atomic E-state index is 12.4. The lowest BCUT2D eigenvalue weighted by Crippen LogP contribution is -2.50. The summed E-state index contributed by atoms with van der Waals surface area (Å²) >= 11 is 1.67. The molecule has 2 amide bonds. The Balaban J connectivity index is 1.58. The van der Waals surface area contributed by atoms with E-state index in [9.17, 15) is 10.1 Å². The van der Waals surface area contributed by atoms with E-state index >= 15 is 0 Å². The number of carbonyl (C=O) groups excluding carboxylic acids is 1. The van der Waals surface area contributed by atoms with Gasteiger partial charge in [0.25, 0.3) is 0 Å². The van der Waals surface area contributed by atoms with Gasteiger partial charge in [-0.3, -0.25) is 0 Å². The van der Waals surface area contributed by atoms with E-state index in [0.717, 1.165) is 24.5 Å². The van der Waals surface area contributed by atoms with Crippen LogP contribution in [0, 0.1) is 11.3 Å². The molecule has 3 rings (SSSR count). The van der Waals surface area contributed by atoms with Crippen molar-refractivity contribution in [2.75, 3.05) is 42.7 Å². The number of amides is 2. The summed E-state index contributed by atoms with van der Waals surface area (Å²) in [6.45, 7) is 2.71. The molecule has 1 N–H and O–H groups in total. The maximum absolute atomic E-state index is 12.4. The zero-order valence-corrected chi connectivity index (χ0v) is 14.9. The summed E-state index contributed by atoms with van der Waals surface area (Å²) in [5, 5.41) is 12.2. The molecule has 0 aromatic heterocycles. The van der Waals surface area contributed by atoms with Gasteiger partial charge in [0, 0.05) is 36.8 Å². The first-order chi connectivity index (χ1) is 12.2. The molecule has 1 fully saturated rings. The third-order valence-electron chi connectivity index (χ3n) is 4.27. The molecule has 0 unspecified atom stereocenters. The number of hydrogen-bond donors (Lipinski definition) is 1. The topological polar surface area (TPSA) is 59.4 Å². The summed E-state index contributed by atoms with van der Waals surface area (Å²) in [6, 6.07) is 17.6. The van der Waals surface area contributed by atoms with Gasteiger partial charge in [-0.05, 0) is 42.7 Å². The first-order valence-corrected chi connectivity index (χ1v) is 9.38. The number of carbonyl (C=O) groups is 1. The normalized spacial score (nSPS) is 14.1. The van der Waals surface area contributed by atoms with Crippen LogP contribution < -0.4 is 10.2 Å². The molecule has 1 heterocycles. The third-order valence-corrected chi connectivity index (χ3v) is 5.02. The highest BCUT2D eigenvalue weighted by atomic mass is 32.2. The highest BCUT2D eigenvalue weighted by Crippen LogP contribution is 2.22. The van der Waals surface area contributed by atoms with Crippen LogP contribution in [0.15, 0.2) is 53.4 Å². The second kappa shape index (κ2) is 7.95. The molecule has 1 aliphatic rings. The van der Waals surface area contributed by atoms with Gasteiger partial charge in [0.05, 0.1) is 11.3 Å². The van der Waals surface area contributed by atoms with Gasteiger partial charge in [-0.25, -0.2) is 4.79 Å². The molecule has 25 heavy (non-hydrogen) atoms. The van der Waals surface area contributed by atoms with Gasteiger partial charge in [-0.1, -0.05) is 12.1 Å². The largest absolute Gasteiger partial charge is 0.367 e. The molecule has 0 spiro atoms. The molecule has 2 aromatic carbocycles. The Morgan fingerprint density at radius 1 is 1.08 bits per heavy atom. The second-order valence-electron chi connectivity index (χ2n) is 5.76. The van der Waals surface area contributed by atoms with Gasteiger partial charge in [0.2, 0.25) is 0 Å². The lowest BCUT2D eigenvalue weighted by Gasteiger charge is -2.36. The van der Waals surface area contributed by atoms with Crippen molar-refractivity contribution in [3.05, 3.63) is 54.1 Å². The van der Waals surface area contributed by atoms with Gasteiger partial charge in [0.1, 0.15) is 6.07 Å². The molecule has 128 valence electrons. The van der Waals surface area contributed by atoms with Crippen LogP contribution in [0.25, 0.3) is 0 Å². The number of nitrogens with one attached hydrogen (secondary N) is 1. The quantitative estimate of drug-likeness (QED) is 0.857. The van der Waals surface area contributed by atoms with Gasteiger partial charge >= 0.3 is 6.03 Å². The van der Waals surface area contributed by atoms with E-state index in [-0.39, 0.29) is 6.03 Å². The SMILES string of the molecule is CSc1ccc(NC(=O)N2CCN(c3ccccc3C#N)CC2)cc1. The predicted molar refractivity (Wildman–Crippen MR) is 102 cm³/mol. The molecule has 6 heteroatoms. The fraction of sp³-hybridized carbons (Fsp3) is 0.263. The Morgan fingerprint density at radius 2 is 1.76 bits per heavy atom. The number of hydrogen-bond acceptors (Lipinski definition) is 4. The molecule has 1 aliphatic heterocycles. The number of piperazine rings is 1. The fourth-order valence-electron chi connectivity index (χ4n) is 2.87. The summed E-state index contributed by atoms with van der Waals surface area (Å²) in [7, 11) is 0. The van der Waals surface area contributed by atoms with E-state index in [2.05, 4.69) is 16.3 Å². The Hall–Kier alpha value is -2.65. The number of nitrogens with zero attached hydrogens (tertiary/aromatic N) is 3. The van der Waals surface area contributed by atoms with Gasteiger partial charge in [-0.15, -0.1) is 11.8 Å². The first kappa shape index (κ1) is 17.2. The van der Waals surface area contributed by atoms with Crippen molar-refractivity contribution in [2.24, 2.45) is 0 Å². The molecular formula is C19H20N4OS. The number of urea groups is 1. The molecule has 0 radical (unpaired) electrons. The summed E-state index contributed by atoms with van der Waals surface area (Å²) in [5.74, 6) is 0. The van der Waals surface area contributed by atoms with Crippen molar-refractivity contribution in [2.45, 2.75) is 4.90 Å². The van der Waals surface area contributed by atoms with E-state index in [1.54, 1.807) is 11.8 Å². The van der Waals surface area contributed by atoms with E-state index in [1.807, 2.05) is 59.7 Å². The molecule has 0 atom stereocenters. The van der Waals surface area contributed by atoms with Gasteiger partial charge < -0.3 is 15.1 Å². The van der Waals surface area contributed by atoms with Gasteiger partial charge in [0.15, 0.2) is 0 Å². The Bertz CT molecular complexity index is 777. The highest BCUT2D eigenvalue weighted by Gasteiger charge is 2.22. The standard InChI is InChI=1S/C19H20N4OS/c1-25-17-8-6-16(7-9-17)21-19(24)23-12-10-22(11-13-23)18-5-3-2-4-15(18)14-20/h2-9H,10-13H2,1H3,(H,21,24). The number of thioether (sulfide) groups is 1. The van der Waals surface area contributed by atoms with Crippen molar-refractivity contribution < 1.29 is 4.79 Å². The molecular weight excluding hydrogens is 332 g/mol. The number of rotatable bonds is 3. The maximum Gasteiger partial charge on any atom is 0.321 e. The zero-order valence-electron chi connectivity index (χ0n) is 14.1. The van der Waals surface area contributed by atoms with Crippen molar-refractivity contribution in [3.8, 4) is 6.07 Å². The van der Waals surface area contributed by atoms with Crippen LogP contribution in [0.2, 0.25) is 0 Å². The number of para-hydroxylation sites is 1. The summed E-state index contributed by atoms with van der Waals surface area (Å²) in [5.41, 5.74) is 2.42. The summed E-state index contributed by atoms with van der Waals surface area (Å²) < 4.78 is 0. The Morgan fingerprint density at radius 3 is 2.40 bits per heavy atom. The van der Waals surface area contributed by atoms with Crippen LogP contribution in [-0.4, -0.2) is 43.4 Å². The van der Waals surface area contributed by atoms with Crippen molar-refractivity contribution in [1.82, 2.24) is 4.90 Å². The van der Waals surface area contributed by atoms with Crippen LogP contribution in [0.3, 0.4) is 0 Å². The van der Waals surface area contributed by atoms with E-state index in [1.165, 1.54) is 4.90 Å². The minimum atomic E-state index is -0.0786. The van der Waals surface area contributed by atoms with Crippen molar-refractivity contribution in [1.29, 1.82) is 5.26 Å². The molecule has 2 aromatic rings. The highest BCUT2D eigenvalue weighted by molar-refractivity contribution is 7.98. The first-order valence-electron chi connectivity index (χ1n) is 8.15. The molecule has 0 aliphatic carbocycles. The Labute approximate surface area is 152 Å². The molecule has 1 saturated heterocycles. The molecule has 0 saturated carbocycles. The zero-order chi connectivity index (χ0) is 17.6. The predicted octanol–water partition coefficient (Wildman–Crippen LogP) is 3.63. The number of nitriles is 1.